The lowest BCUT2D eigenvalue weighted by atomic mass is 9.95. The molecule has 6 heteroatoms. The fraction of sp³-hybridized carbons (Fsp3) is 0.429. The van der Waals surface area contributed by atoms with Crippen LogP contribution in [-0.4, -0.2) is 40.3 Å². The first kappa shape index (κ1) is 22.5. The second-order valence-electron chi connectivity index (χ2n) is 9.12. The van der Waals surface area contributed by atoms with E-state index in [1.807, 2.05) is 43.3 Å². The number of nitrogens with one attached hydrogen (secondary N) is 1. The third kappa shape index (κ3) is 4.06. The van der Waals surface area contributed by atoms with Crippen molar-refractivity contribution in [2.24, 2.45) is 0 Å². The molecule has 0 bridgehead atoms. The Bertz CT molecular complexity index is 1140. The van der Waals surface area contributed by atoms with Crippen LogP contribution in [0.3, 0.4) is 0 Å². The molecule has 1 N–H and O–H groups in total. The molecule has 3 aromatic rings. The summed E-state index contributed by atoms with van der Waals surface area (Å²) in [6.07, 6.45) is 6.47. The van der Waals surface area contributed by atoms with E-state index in [1.54, 1.807) is 0 Å². The Morgan fingerprint density at radius 1 is 1.03 bits per heavy atom. The number of hydrogen-bond donors (Lipinski definition) is 1. The number of fused-ring (bicyclic) bond motifs is 1. The van der Waals surface area contributed by atoms with Gasteiger partial charge in [-0.3, -0.25) is 9.89 Å². The first-order valence-electron chi connectivity index (χ1n) is 12.6. The van der Waals surface area contributed by atoms with Crippen molar-refractivity contribution in [3.63, 3.8) is 0 Å². The molecule has 0 radical (unpaired) electrons. The lowest BCUT2D eigenvalue weighted by molar-refractivity contribution is 0.0660. The number of carbonyl (C=O) groups is 1. The van der Waals surface area contributed by atoms with Crippen LogP contribution in [0, 0.1) is 0 Å². The third-order valence-corrected chi connectivity index (χ3v) is 6.91. The maximum atomic E-state index is 13.7. The van der Waals surface area contributed by atoms with Gasteiger partial charge < -0.3 is 14.4 Å². The summed E-state index contributed by atoms with van der Waals surface area (Å²) in [6.45, 7) is 5.34. The number of H-pyrrole nitrogens is 1. The molecule has 1 amide bonds. The van der Waals surface area contributed by atoms with Gasteiger partial charge in [0.25, 0.3) is 5.91 Å². The molecule has 2 aliphatic rings. The van der Waals surface area contributed by atoms with Gasteiger partial charge in [-0.1, -0.05) is 62.6 Å². The van der Waals surface area contributed by atoms with Crippen LogP contribution in [-0.2, 0) is 0 Å². The number of nitrogens with zero attached hydrogens (tertiary/aromatic N) is 2. The molecule has 1 atom stereocenters. The molecule has 5 rings (SSSR count). The molecule has 6 nitrogen and oxygen atoms in total. The van der Waals surface area contributed by atoms with Gasteiger partial charge in [0, 0.05) is 17.2 Å². The smallest absolute Gasteiger partial charge is 0.273 e. The normalized spacial score (nSPS) is 17.9. The van der Waals surface area contributed by atoms with E-state index in [4.69, 9.17) is 9.47 Å². The SMILES string of the molecule is CCCCOc1ccc(C2c3c(-c4ccccc4)n[nH]c3C(=O)N2C2CCCC2)cc1OCC. The number of unbranched alkanes of at least 4 members (excludes halogenated alkanes) is 1. The van der Waals surface area contributed by atoms with Crippen LogP contribution in [0.5, 0.6) is 11.5 Å². The van der Waals surface area contributed by atoms with E-state index in [0.717, 1.165) is 72.4 Å². The van der Waals surface area contributed by atoms with E-state index < -0.39 is 0 Å². The number of rotatable bonds is 9. The van der Waals surface area contributed by atoms with E-state index in [9.17, 15) is 4.79 Å². The quantitative estimate of drug-likeness (QED) is 0.390. The highest BCUT2D eigenvalue weighted by Crippen LogP contribution is 2.47. The van der Waals surface area contributed by atoms with Gasteiger partial charge in [0.05, 0.1) is 24.9 Å². The Morgan fingerprint density at radius 2 is 1.82 bits per heavy atom. The van der Waals surface area contributed by atoms with Crippen LogP contribution in [0.4, 0.5) is 0 Å². The van der Waals surface area contributed by atoms with Gasteiger partial charge >= 0.3 is 0 Å². The van der Waals surface area contributed by atoms with Gasteiger partial charge in [-0.25, -0.2) is 0 Å². The van der Waals surface area contributed by atoms with Crippen molar-refractivity contribution in [2.75, 3.05) is 13.2 Å². The fourth-order valence-corrected chi connectivity index (χ4v) is 5.28. The largest absolute Gasteiger partial charge is 0.490 e. The summed E-state index contributed by atoms with van der Waals surface area (Å²) in [5.74, 6) is 1.53. The minimum Gasteiger partial charge on any atom is -0.490 e. The molecule has 2 heterocycles. The van der Waals surface area contributed by atoms with Crippen LogP contribution >= 0.6 is 0 Å². The molecule has 1 unspecified atom stereocenters. The summed E-state index contributed by atoms with van der Waals surface area (Å²) < 4.78 is 12.0. The van der Waals surface area contributed by atoms with Crippen molar-refractivity contribution in [2.45, 2.75) is 64.5 Å². The Kier molecular flexibility index (Phi) is 6.57. The maximum Gasteiger partial charge on any atom is 0.273 e. The summed E-state index contributed by atoms with van der Waals surface area (Å²) in [7, 11) is 0. The van der Waals surface area contributed by atoms with Crippen LogP contribution in [0.2, 0.25) is 0 Å². The second-order valence-corrected chi connectivity index (χ2v) is 9.12. The molecule has 0 spiro atoms. The van der Waals surface area contributed by atoms with Crippen molar-refractivity contribution in [1.29, 1.82) is 0 Å². The summed E-state index contributed by atoms with van der Waals surface area (Å²) in [5, 5.41) is 7.67. The fourth-order valence-electron chi connectivity index (χ4n) is 5.28. The summed E-state index contributed by atoms with van der Waals surface area (Å²) in [5.41, 5.74) is 4.46. The highest BCUT2D eigenvalue weighted by molar-refractivity contribution is 6.00. The van der Waals surface area contributed by atoms with E-state index in [0.29, 0.717) is 18.9 Å². The third-order valence-electron chi connectivity index (χ3n) is 6.91. The molecule has 2 aromatic carbocycles. The molecule has 178 valence electrons. The number of aromatic nitrogens is 2. The Balaban J connectivity index is 1.60. The number of benzene rings is 2. The van der Waals surface area contributed by atoms with Gasteiger partial charge in [-0.15, -0.1) is 0 Å². The average Bonchev–Trinajstić information content (AvgIpc) is 3.59. The van der Waals surface area contributed by atoms with Crippen LogP contribution in [0.1, 0.15) is 80.0 Å². The molecule has 34 heavy (non-hydrogen) atoms. The van der Waals surface area contributed by atoms with Crippen molar-refractivity contribution >= 4 is 5.91 Å². The minimum atomic E-state index is -0.205. The van der Waals surface area contributed by atoms with E-state index in [1.165, 1.54) is 0 Å². The van der Waals surface area contributed by atoms with E-state index in [-0.39, 0.29) is 18.0 Å². The van der Waals surface area contributed by atoms with E-state index >= 15 is 0 Å². The number of ether oxygens (including phenoxy) is 2. The van der Waals surface area contributed by atoms with Crippen molar-refractivity contribution in [3.05, 3.63) is 65.4 Å². The van der Waals surface area contributed by atoms with Crippen LogP contribution in [0.15, 0.2) is 48.5 Å². The zero-order valence-electron chi connectivity index (χ0n) is 20.0. The Morgan fingerprint density at radius 3 is 2.56 bits per heavy atom. The van der Waals surface area contributed by atoms with Crippen molar-refractivity contribution in [1.82, 2.24) is 15.1 Å². The van der Waals surface area contributed by atoms with Gasteiger partial charge in [0.15, 0.2) is 11.5 Å². The van der Waals surface area contributed by atoms with E-state index in [2.05, 4.69) is 34.2 Å². The minimum absolute atomic E-state index is 0.0443. The number of hydrogen-bond acceptors (Lipinski definition) is 4. The molecule has 0 saturated heterocycles. The van der Waals surface area contributed by atoms with Gasteiger partial charge in [0.2, 0.25) is 0 Å². The predicted molar refractivity (Wildman–Crippen MR) is 132 cm³/mol. The average molecular weight is 460 g/mol. The number of aromatic amines is 1. The van der Waals surface area contributed by atoms with Crippen LogP contribution in [0.25, 0.3) is 11.3 Å². The molecule has 1 aromatic heterocycles. The first-order valence-corrected chi connectivity index (χ1v) is 12.6. The maximum absolute atomic E-state index is 13.7. The summed E-state index contributed by atoms with van der Waals surface area (Å²) in [6, 6.07) is 16.3. The lowest BCUT2D eigenvalue weighted by Gasteiger charge is -2.32. The topological polar surface area (TPSA) is 67.5 Å². The zero-order chi connectivity index (χ0) is 23.5. The molecule has 1 aliphatic heterocycles. The van der Waals surface area contributed by atoms with Gasteiger partial charge in [-0.05, 0) is 43.9 Å². The number of carbonyl (C=O) groups excluding carboxylic acids is 1. The standard InChI is InChI=1S/C28H33N3O3/c1-3-5-17-34-22-16-15-20(18-23(22)33-4-2)27-24-25(19-11-7-6-8-12-19)29-30-26(24)28(32)31(27)21-13-9-10-14-21/h6-8,11-12,15-16,18,21,27H,3-5,9-10,13-14,17H2,1-2H3,(H,29,30). The lowest BCUT2D eigenvalue weighted by Crippen LogP contribution is -2.37. The first-order chi connectivity index (χ1) is 16.7. The van der Waals surface area contributed by atoms with Gasteiger partial charge in [0.1, 0.15) is 5.69 Å². The highest BCUT2D eigenvalue weighted by Gasteiger charge is 2.45. The molecular formula is C28H33N3O3. The molecule has 1 fully saturated rings. The summed E-state index contributed by atoms with van der Waals surface area (Å²) in [4.78, 5) is 15.8. The van der Waals surface area contributed by atoms with Crippen molar-refractivity contribution in [3.8, 4) is 22.8 Å². The van der Waals surface area contributed by atoms with Crippen LogP contribution < -0.4 is 9.47 Å². The molecule has 1 aliphatic carbocycles. The predicted octanol–water partition coefficient (Wildman–Crippen LogP) is 6.14. The van der Waals surface area contributed by atoms with Gasteiger partial charge in [-0.2, -0.15) is 5.10 Å². The second kappa shape index (κ2) is 9.92. The summed E-state index contributed by atoms with van der Waals surface area (Å²) >= 11 is 0. The number of amides is 1. The molecular weight excluding hydrogens is 426 g/mol. The zero-order valence-corrected chi connectivity index (χ0v) is 20.0. The highest BCUT2D eigenvalue weighted by atomic mass is 16.5. The molecule has 1 saturated carbocycles. The Labute approximate surface area is 201 Å². The monoisotopic (exact) mass is 459 g/mol. The Hall–Kier alpha value is -3.28. The van der Waals surface area contributed by atoms with Crippen molar-refractivity contribution < 1.29 is 14.3 Å².